The Morgan fingerprint density at radius 3 is 2.45 bits per heavy atom. The molecule has 0 spiro atoms. The van der Waals surface area contributed by atoms with E-state index >= 15 is 0 Å². The maximum atomic E-state index is 12.0. The number of nitrogens with one attached hydrogen (secondary N) is 1. The van der Waals surface area contributed by atoms with Gasteiger partial charge in [0.15, 0.2) is 0 Å². The van der Waals surface area contributed by atoms with Crippen molar-refractivity contribution in [3.8, 4) is 5.75 Å². The van der Waals surface area contributed by atoms with Crippen LogP contribution in [0.1, 0.15) is 26.3 Å². The summed E-state index contributed by atoms with van der Waals surface area (Å²) in [4.78, 5) is 22.9. The van der Waals surface area contributed by atoms with Gasteiger partial charge in [-0.05, 0) is 42.8 Å². The number of carbonyl (C=O) groups is 2. The molecule has 0 aromatic heterocycles. The number of benzene rings is 2. The minimum Gasteiger partial charge on any atom is -0.508 e. The zero-order chi connectivity index (χ0) is 14.7. The zero-order valence-electron chi connectivity index (χ0n) is 10.8. The van der Waals surface area contributed by atoms with E-state index in [9.17, 15) is 14.7 Å². The van der Waals surface area contributed by atoms with Crippen molar-refractivity contribution in [1.29, 1.82) is 0 Å². The third-order valence-electron chi connectivity index (χ3n) is 2.84. The van der Waals surface area contributed by atoms with Crippen molar-refractivity contribution in [3.05, 3.63) is 59.2 Å². The lowest BCUT2D eigenvalue weighted by atomic mass is 10.1. The molecule has 2 aromatic carbocycles. The van der Waals surface area contributed by atoms with E-state index < -0.39 is 11.9 Å². The summed E-state index contributed by atoms with van der Waals surface area (Å²) in [5.41, 5.74) is 1.58. The van der Waals surface area contributed by atoms with Gasteiger partial charge in [0.25, 0.3) is 5.91 Å². The Hall–Kier alpha value is -2.82. The highest BCUT2D eigenvalue weighted by atomic mass is 16.4. The van der Waals surface area contributed by atoms with Crippen molar-refractivity contribution < 1.29 is 19.8 Å². The number of phenols is 1. The van der Waals surface area contributed by atoms with E-state index in [0.717, 1.165) is 5.56 Å². The fraction of sp³-hybridized carbons (Fsp3) is 0.0667. The van der Waals surface area contributed by atoms with Crippen molar-refractivity contribution in [3.63, 3.8) is 0 Å². The van der Waals surface area contributed by atoms with Crippen LogP contribution in [0.4, 0.5) is 5.69 Å². The van der Waals surface area contributed by atoms with E-state index in [2.05, 4.69) is 5.32 Å². The fourth-order valence-corrected chi connectivity index (χ4v) is 1.73. The molecule has 5 nitrogen and oxygen atoms in total. The molecule has 0 aliphatic rings. The average Bonchev–Trinajstić information content (AvgIpc) is 2.41. The summed E-state index contributed by atoms with van der Waals surface area (Å²) in [5.74, 6) is -1.47. The van der Waals surface area contributed by atoms with Gasteiger partial charge in [-0.1, -0.05) is 12.1 Å². The lowest BCUT2D eigenvalue weighted by molar-refractivity contribution is 0.0696. The molecule has 20 heavy (non-hydrogen) atoms. The molecule has 3 N–H and O–H groups in total. The topological polar surface area (TPSA) is 86.6 Å². The maximum Gasteiger partial charge on any atom is 0.335 e. The van der Waals surface area contributed by atoms with Crippen LogP contribution in [0.2, 0.25) is 0 Å². The monoisotopic (exact) mass is 271 g/mol. The van der Waals surface area contributed by atoms with Crippen molar-refractivity contribution in [1.82, 2.24) is 0 Å². The number of hydrogen-bond acceptors (Lipinski definition) is 3. The van der Waals surface area contributed by atoms with E-state index in [4.69, 9.17) is 5.11 Å². The van der Waals surface area contributed by atoms with E-state index in [1.165, 1.54) is 24.3 Å². The van der Waals surface area contributed by atoms with Gasteiger partial charge in [-0.2, -0.15) is 0 Å². The molecule has 0 atom stereocenters. The Morgan fingerprint density at radius 1 is 1.05 bits per heavy atom. The number of carboxylic acid groups (broad SMARTS) is 1. The summed E-state index contributed by atoms with van der Waals surface area (Å²) in [6.07, 6.45) is 0. The third-order valence-corrected chi connectivity index (χ3v) is 2.84. The second-order valence-corrected chi connectivity index (χ2v) is 4.34. The molecule has 0 bridgehead atoms. The number of anilines is 1. The van der Waals surface area contributed by atoms with Crippen LogP contribution < -0.4 is 5.32 Å². The molecule has 2 rings (SSSR count). The normalized spacial score (nSPS) is 10.1. The minimum atomic E-state index is -1.06. The summed E-state index contributed by atoms with van der Waals surface area (Å²) in [7, 11) is 0. The van der Waals surface area contributed by atoms with Crippen LogP contribution in [-0.2, 0) is 0 Å². The van der Waals surface area contributed by atoms with Crippen molar-refractivity contribution in [2.75, 3.05) is 5.32 Å². The summed E-state index contributed by atoms with van der Waals surface area (Å²) in [6, 6.07) is 10.4. The number of aromatic hydroxyl groups is 1. The van der Waals surface area contributed by atoms with E-state index in [1.54, 1.807) is 25.1 Å². The number of phenolic OH excluding ortho intramolecular Hbond substituents is 1. The molecule has 0 radical (unpaired) electrons. The quantitative estimate of drug-likeness (QED) is 0.801. The number of aromatic carboxylic acids is 1. The number of carbonyl (C=O) groups excluding carboxylic acids is 1. The van der Waals surface area contributed by atoms with E-state index in [0.29, 0.717) is 11.3 Å². The smallest absolute Gasteiger partial charge is 0.335 e. The molecule has 5 heteroatoms. The van der Waals surface area contributed by atoms with Crippen LogP contribution in [0.5, 0.6) is 5.75 Å². The van der Waals surface area contributed by atoms with Crippen LogP contribution in [-0.4, -0.2) is 22.1 Å². The highest BCUT2D eigenvalue weighted by Gasteiger charge is 2.11. The van der Waals surface area contributed by atoms with Gasteiger partial charge in [-0.3, -0.25) is 4.79 Å². The molecule has 0 saturated heterocycles. The molecule has 2 aromatic rings. The van der Waals surface area contributed by atoms with Gasteiger partial charge in [0.2, 0.25) is 0 Å². The van der Waals surface area contributed by atoms with Crippen LogP contribution >= 0.6 is 0 Å². The first kappa shape index (κ1) is 13.6. The summed E-state index contributed by atoms with van der Waals surface area (Å²) >= 11 is 0. The van der Waals surface area contributed by atoms with Crippen molar-refractivity contribution >= 4 is 17.6 Å². The van der Waals surface area contributed by atoms with Crippen LogP contribution in [0.3, 0.4) is 0 Å². The lowest BCUT2D eigenvalue weighted by Crippen LogP contribution is -2.13. The molecule has 0 heterocycles. The number of carboxylic acids is 1. The first-order chi connectivity index (χ1) is 9.47. The molecule has 0 aliphatic heterocycles. The Morgan fingerprint density at radius 2 is 1.80 bits per heavy atom. The molecular formula is C15H13NO4. The lowest BCUT2D eigenvalue weighted by Gasteiger charge is -2.09. The molecule has 102 valence electrons. The number of hydrogen-bond donors (Lipinski definition) is 3. The summed E-state index contributed by atoms with van der Waals surface area (Å²) in [5, 5.41) is 20.9. The summed E-state index contributed by atoms with van der Waals surface area (Å²) < 4.78 is 0. The van der Waals surface area contributed by atoms with Crippen molar-refractivity contribution in [2.24, 2.45) is 0 Å². The van der Waals surface area contributed by atoms with Crippen molar-refractivity contribution in [2.45, 2.75) is 6.92 Å². The maximum absolute atomic E-state index is 12.0. The number of amides is 1. The van der Waals surface area contributed by atoms with Gasteiger partial charge in [0, 0.05) is 11.3 Å². The van der Waals surface area contributed by atoms with Gasteiger partial charge in [-0.15, -0.1) is 0 Å². The van der Waals surface area contributed by atoms with Crippen LogP contribution in [0, 0.1) is 6.92 Å². The van der Waals surface area contributed by atoms with E-state index in [-0.39, 0.29) is 11.3 Å². The SMILES string of the molecule is Cc1ccc(C(=O)O)cc1NC(=O)c1cccc(O)c1. The highest BCUT2D eigenvalue weighted by Crippen LogP contribution is 2.19. The Bertz CT molecular complexity index is 679. The minimum absolute atomic E-state index is 0.00587. The van der Waals surface area contributed by atoms with Gasteiger partial charge in [0.1, 0.15) is 5.75 Å². The van der Waals surface area contributed by atoms with Gasteiger partial charge in [-0.25, -0.2) is 4.79 Å². The molecule has 0 fully saturated rings. The van der Waals surface area contributed by atoms with E-state index in [1.807, 2.05) is 0 Å². The number of aryl methyl sites for hydroxylation is 1. The predicted octanol–water partition coefficient (Wildman–Crippen LogP) is 2.65. The van der Waals surface area contributed by atoms with Gasteiger partial charge in [0.05, 0.1) is 5.56 Å². The Labute approximate surface area is 115 Å². The largest absolute Gasteiger partial charge is 0.508 e. The standard InChI is InChI=1S/C15H13NO4/c1-9-5-6-11(15(19)20)8-13(9)16-14(18)10-3-2-4-12(17)7-10/h2-8,17H,1H3,(H,16,18)(H,19,20). The van der Waals surface area contributed by atoms with Crippen LogP contribution in [0.15, 0.2) is 42.5 Å². The molecular weight excluding hydrogens is 258 g/mol. The third kappa shape index (κ3) is 2.95. The Balaban J connectivity index is 2.27. The highest BCUT2D eigenvalue weighted by molar-refractivity contribution is 6.05. The van der Waals surface area contributed by atoms with Gasteiger partial charge < -0.3 is 15.5 Å². The molecule has 0 aliphatic carbocycles. The predicted molar refractivity (Wildman–Crippen MR) is 74.2 cm³/mol. The first-order valence-corrected chi connectivity index (χ1v) is 5.91. The number of rotatable bonds is 3. The molecule has 0 unspecified atom stereocenters. The Kier molecular flexibility index (Phi) is 3.70. The molecule has 1 amide bonds. The molecule has 0 saturated carbocycles. The second-order valence-electron chi connectivity index (χ2n) is 4.34. The van der Waals surface area contributed by atoms with Crippen LogP contribution in [0.25, 0.3) is 0 Å². The second kappa shape index (κ2) is 5.44. The summed E-state index contributed by atoms with van der Waals surface area (Å²) in [6.45, 7) is 1.77. The fourth-order valence-electron chi connectivity index (χ4n) is 1.73. The van der Waals surface area contributed by atoms with Gasteiger partial charge >= 0.3 is 5.97 Å². The first-order valence-electron chi connectivity index (χ1n) is 5.91. The zero-order valence-corrected chi connectivity index (χ0v) is 10.8. The average molecular weight is 271 g/mol.